The molecule has 0 aliphatic heterocycles. The van der Waals surface area contributed by atoms with Gasteiger partial charge >= 0.3 is 0 Å². The van der Waals surface area contributed by atoms with E-state index in [1.165, 1.54) is 16.7 Å². The summed E-state index contributed by atoms with van der Waals surface area (Å²) in [5.41, 5.74) is 6.62. The number of hydrogen-bond acceptors (Lipinski definition) is 4. The zero-order valence-corrected chi connectivity index (χ0v) is 17.6. The first-order valence-corrected chi connectivity index (χ1v) is 10.7. The average Bonchev–Trinajstić information content (AvgIpc) is 2.86. The van der Waals surface area contributed by atoms with E-state index in [4.69, 9.17) is 5.26 Å². The number of benzene rings is 3. The molecule has 0 bridgehead atoms. The van der Waals surface area contributed by atoms with Gasteiger partial charge in [0.25, 0.3) is 0 Å². The Balaban J connectivity index is 1.40. The van der Waals surface area contributed by atoms with Gasteiger partial charge in [0.15, 0.2) is 0 Å². The molecule has 3 aromatic carbocycles. The lowest BCUT2D eigenvalue weighted by Crippen LogP contribution is -2.01. The highest BCUT2D eigenvalue weighted by Crippen LogP contribution is 2.33. The Bertz CT molecular complexity index is 1350. The lowest BCUT2D eigenvalue weighted by Gasteiger charge is -2.18. The molecule has 0 saturated heterocycles. The summed E-state index contributed by atoms with van der Waals surface area (Å²) < 4.78 is 0. The van der Waals surface area contributed by atoms with Crippen LogP contribution in [0.4, 0.5) is 11.5 Å². The summed E-state index contributed by atoms with van der Waals surface area (Å²) >= 11 is 0. The first-order valence-electron chi connectivity index (χ1n) is 10.7. The summed E-state index contributed by atoms with van der Waals surface area (Å²) in [4.78, 5) is 8.94. The highest BCUT2D eigenvalue weighted by molar-refractivity contribution is 5.91. The Morgan fingerprint density at radius 3 is 2.56 bits per heavy atom. The highest BCUT2D eigenvalue weighted by Gasteiger charge is 2.14. The molecule has 4 aromatic rings. The van der Waals surface area contributed by atoms with E-state index in [2.05, 4.69) is 82.0 Å². The lowest BCUT2D eigenvalue weighted by atomic mass is 9.88. The van der Waals surface area contributed by atoms with Crippen LogP contribution in [0.2, 0.25) is 0 Å². The van der Waals surface area contributed by atoms with Gasteiger partial charge in [0.2, 0.25) is 0 Å². The fraction of sp³-hybridized carbons (Fsp3) is 0.107. The van der Waals surface area contributed by atoms with E-state index in [0.29, 0.717) is 12.3 Å². The molecule has 0 spiro atoms. The molecule has 0 amide bonds. The largest absolute Gasteiger partial charge is 0.340 e. The molecule has 1 heterocycles. The number of nitrogens with zero attached hydrogens (tertiary/aromatic N) is 3. The molecule has 32 heavy (non-hydrogen) atoms. The second-order valence-electron chi connectivity index (χ2n) is 7.88. The number of fused-ring (bicyclic) bond motifs is 1. The van der Waals surface area contributed by atoms with E-state index in [0.717, 1.165) is 34.4 Å². The lowest BCUT2D eigenvalue weighted by molar-refractivity contribution is 0.858. The number of aromatic nitrogens is 2. The summed E-state index contributed by atoms with van der Waals surface area (Å²) in [7, 11) is 0. The molecule has 1 aliphatic carbocycles. The third kappa shape index (κ3) is 4.14. The minimum Gasteiger partial charge on any atom is -0.340 e. The zero-order chi connectivity index (χ0) is 21.8. The zero-order valence-electron chi connectivity index (χ0n) is 17.6. The van der Waals surface area contributed by atoms with Crippen LogP contribution in [-0.2, 0) is 6.42 Å². The molecule has 0 fully saturated rings. The summed E-state index contributed by atoms with van der Waals surface area (Å²) in [5, 5.41) is 13.3. The van der Waals surface area contributed by atoms with E-state index in [1.807, 2.05) is 30.3 Å². The minimum absolute atomic E-state index is 0.324. The standard InChI is InChI=1S/C28H22N4/c29-17-16-20-6-13-25(14-7-20)32-28-26-18-24(12-15-27(26)30-19-31-28)23-10-8-22(9-11-23)21-4-2-1-3-5-21/h1-10,12-15,18-19,23H,11,16H2,(H,30,31,32). The van der Waals surface area contributed by atoms with Crippen molar-refractivity contribution < 1.29 is 0 Å². The maximum absolute atomic E-state index is 8.86. The summed E-state index contributed by atoms with van der Waals surface area (Å²) in [6, 6.07) is 27.0. The molecular weight excluding hydrogens is 392 g/mol. The van der Waals surface area contributed by atoms with E-state index in [-0.39, 0.29) is 0 Å². The number of hydrogen-bond donors (Lipinski definition) is 1. The Morgan fingerprint density at radius 2 is 1.81 bits per heavy atom. The van der Waals surface area contributed by atoms with Crippen molar-refractivity contribution in [3.05, 3.63) is 114 Å². The predicted octanol–water partition coefficient (Wildman–Crippen LogP) is 6.57. The topological polar surface area (TPSA) is 61.6 Å². The third-order valence-electron chi connectivity index (χ3n) is 5.79. The number of allylic oxidation sites excluding steroid dienone is 4. The first kappa shape index (κ1) is 19.7. The molecule has 4 heteroatoms. The number of nitrogens with one attached hydrogen (secondary N) is 1. The molecule has 0 radical (unpaired) electrons. The normalized spacial score (nSPS) is 15.2. The van der Waals surface area contributed by atoms with Crippen molar-refractivity contribution >= 4 is 28.0 Å². The summed E-state index contributed by atoms with van der Waals surface area (Å²) in [6.45, 7) is 0. The van der Waals surface area contributed by atoms with E-state index in [1.54, 1.807) is 6.33 Å². The van der Waals surface area contributed by atoms with Crippen molar-refractivity contribution in [1.29, 1.82) is 5.26 Å². The monoisotopic (exact) mass is 414 g/mol. The van der Waals surface area contributed by atoms with Crippen LogP contribution in [0, 0.1) is 11.3 Å². The van der Waals surface area contributed by atoms with Crippen LogP contribution in [0.25, 0.3) is 16.5 Å². The van der Waals surface area contributed by atoms with Crippen molar-refractivity contribution in [3.8, 4) is 6.07 Å². The van der Waals surface area contributed by atoms with Gasteiger partial charge in [0.1, 0.15) is 12.1 Å². The van der Waals surface area contributed by atoms with Crippen LogP contribution in [0.3, 0.4) is 0 Å². The van der Waals surface area contributed by atoms with E-state index in [9.17, 15) is 0 Å². The Morgan fingerprint density at radius 1 is 0.969 bits per heavy atom. The highest BCUT2D eigenvalue weighted by atomic mass is 15.0. The fourth-order valence-electron chi connectivity index (χ4n) is 4.05. The fourth-order valence-corrected chi connectivity index (χ4v) is 4.05. The van der Waals surface area contributed by atoms with E-state index < -0.39 is 0 Å². The van der Waals surface area contributed by atoms with Gasteiger partial charge in [0, 0.05) is 17.0 Å². The molecule has 1 unspecified atom stereocenters. The van der Waals surface area contributed by atoms with Gasteiger partial charge in [-0.05, 0) is 52.9 Å². The van der Waals surface area contributed by atoms with Gasteiger partial charge < -0.3 is 5.32 Å². The van der Waals surface area contributed by atoms with Crippen LogP contribution in [0.5, 0.6) is 0 Å². The Labute approximate surface area is 187 Å². The quantitative estimate of drug-likeness (QED) is 0.401. The maximum atomic E-state index is 8.86. The van der Waals surface area contributed by atoms with Gasteiger partial charge in [-0.2, -0.15) is 5.26 Å². The van der Waals surface area contributed by atoms with Gasteiger partial charge in [-0.1, -0.05) is 66.8 Å². The number of nitriles is 1. The minimum atomic E-state index is 0.324. The molecule has 154 valence electrons. The second-order valence-corrected chi connectivity index (χ2v) is 7.88. The van der Waals surface area contributed by atoms with Crippen LogP contribution in [0.15, 0.2) is 97.4 Å². The van der Waals surface area contributed by atoms with Crippen LogP contribution >= 0.6 is 0 Å². The molecule has 1 aromatic heterocycles. The van der Waals surface area contributed by atoms with Gasteiger partial charge in [-0.3, -0.25) is 0 Å². The van der Waals surface area contributed by atoms with Gasteiger partial charge in [-0.15, -0.1) is 0 Å². The first-order chi connectivity index (χ1) is 15.8. The van der Waals surface area contributed by atoms with Crippen molar-refractivity contribution in [2.75, 3.05) is 5.32 Å². The van der Waals surface area contributed by atoms with Crippen molar-refractivity contribution in [2.45, 2.75) is 18.8 Å². The number of rotatable bonds is 5. The van der Waals surface area contributed by atoms with Crippen LogP contribution in [0.1, 0.15) is 29.0 Å². The average molecular weight is 415 g/mol. The molecule has 1 N–H and O–H groups in total. The van der Waals surface area contributed by atoms with Gasteiger partial charge in [0.05, 0.1) is 18.0 Å². The van der Waals surface area contributed by atoms with E-state index >= 15 is 0 Å². The molecule has 0 saturated carbocycles. The molecule has 1 aliphatic rings. The van der Waals surface area contributed by atoms with Crippen LogP contribution in [-0.4, -0.2) is 9.97 Å². The molecule has 1 atom stereocenters. The number of anilines is 2. The van der Waals surface area contributed by atoms with Gasteiger partial charge in [-0.25, -0.2) is 9.97 Å². The van der Waals surface area contributed by atoms with Crippen molar-refractivity contribution in [2.24, 2.45) is 0 Å². The SMILES string of the molecule is N#CCc1ccc(Nc2ncnc3ccc(C4C=CC(c5ccccc5)=CC4)cc23)cc1. The smallest absolute Gasteiger partial charge is 0.141 e. The molecular formula is C28H22N4. The molecule has 5 rings (SSSR count). The van der Waals surface area contributed by atoms with Crippen LogP contribution < -0.4 is 5.32 Å². The molecule has 4 nitrogen and oxygen atoms in total. The summed E-state index contributed by atoms with van der Waals surface area (Å²) in [5.74, 6) is 1.11. The second kappa shape index (κ2) is 8.87. The Hall–Kier alpha value is -4.23. The predicted molar refractivity (Wildman–Crippen MR) is 129 cm³/mol. The van der Waals surface area contributed by atoms with Crippen molar-refractivity contribution in [1.82, 2.24) is 9.97 Å². The van der Waals surface area contributed by atoms with Crippen molar-refractivity contribution in [3.63, 3.8) is 0 Å². The third-order valence-corrected chi connectivity index (χ3v) is 5.79. The summed E-state index contributed by atoms with van der Waals surface area (Å²) in [6.07, 6.45) is 9.78. The maximum Gasteiger partial charge on any atom is 0.141 e. The Kier molecular flexibility index (Phi) is 5.47.